The zero-order chi connectivity index (χ0) is 21.7. The Labute approximate surface area is 193 Å². The molecule has 0 bridgehead atoms. The van der Waals surface area contributed by atoms with Gasteiger partial charge < -0.3 is 15.5 Å². The molecule has 162 valence electrons. The molecule has 0 amide bonds. The van der Waals surface area contributed by atoms with E-state index in [1.54, 1.807) is 24.3 Å². The third-order valence-corrected chi connectivity index (χ3v) is 6.86. The van der Waals surface area contributed by atoms with Crippen LogP contribution >= 0.6 is 35.4 Å². The topological polar surface area (TPSA) is 73.5 Å². The Hall–Kier alpha value is -1.74. The molecular formula is C20H24Cl2N4O2S2. The molecule has 0 spiro atoms. The lowest BCUT2D eigenvalue weighted by Gasteiger charge is -2.23. The van der Waals surface area contributed by atoms with Gasteiger partial charge in [-0.2, -0.15) is 0 Å². The van der Waals surface area contributed by atoms with Crippen molar-refractivity contribution >= 4 is 67.6 Å². The highest BCUT2D eigenvalue weighted by Crippen LogP contribution is 2.33. The van der Waals surface area contributed by atoms with Crippen molar-refractivity contribution in [2.75, 3.05) is 34.6 Å². The largest absolute Gasteiger partial charge is 0.370 e. The SMILES string of the molecule is CCCNC(=S)Nc1cc(S(=O)(=O)Nc2cc(Cl)ccc2Cl)ccc1N1CCCC1. The van der Waals surface area contributed by atoms with Gasteiger partial charge in [0.25, 0.3) is 10.0 Å². The van der Waals surface area contributed by atoms with Crippen molar-refractivity contribution in [3.63, 3.8) is 0 Å². The minimum Gasteiger partial charge on any atom is -0.370 e. The third-order valence-electron chi connectivity index (χ3n) is 4.68. The molecule has 0 atom stereocenters. The first kappa shape index (κ1) is 22.9. The highest BCUT2D eigenvalue weighted by molar-refractivity contribution is 7.92. The molecule has 1 aliphatic heterocycles. The van der Waals surface area contributed by atoms with Crippen LogP contribution in [-0.2, 0) is 10.0 Å². The Balaban J connectivity index is 1.92. The van der Waals surface area contributed by atoms with Crippen LogP contribution in [0.2, 0.25) is 10.0 Å². The van der Waals surface area contributed by atoms with Gasteiger partial charge in [0.2, 0.25) is 0 Å². The molecule has 2 aromatic rings. The van der Waals surface area contributed by atoms with E-state index in [0.717, 1.165) is 44.6 Å². The molecule has 0 aromatic heterocycles. The number of hydrogen-bond acceptors (Lipinski definition) is 4. The summed E-state index contributed by atoms with van der Waals surface area (Å²) >= 11 is 17.5. The number of benzene rings is 2. The quantitative estimate of drug-likeness (QED) is 0.473. The van der Waals surface area contributed by atoms with Gasteiger partial charge in [-0.05, 0) is 67.9 Å². The zero-order valence-electron chi connectivity index (χ0n) is 16.5. The second-order valence-corrected chi connectivity index (χ2v) is 9.92. The van der Waals surface area contributed by atoms with Gasteiger partial charge >= 0.3 is 0 Å². The highest BCUT2D eigenvalue weighted by atomic mass is 35.5. The van der Waals surface area contributed by atoms with Gasteiger partial charge in [-0.3, -0.25) is 4.72 Å². The molecule has 1 aliphatic rings. The maximum atomic E-state index is 13.0. The molecule has 0 aliphatic carbocycles. The van der Waals surface area contributed by atoms with E-state index < -0.39 is 10.0 Å². The monoisotopic (exact) mass is 486 g/mol. The number of anilines is 3. The molecule has 30 heavy (non-hydrogen) atoms. The van der Waals surface area contributed by atoms with E-state index >= 15 is 0 Å². The maximum absolute atomic E-state index is 13.0. The van der Waals surface area contributed by atoms with Gasteiger partial charge in [-0.25, -0.2) is 8.42 Å². The summed E-state index contributed by atoms with van der Waals surface area (Å²) in [6.45, 7) is 4.63. The maximum Gasteiger partial charge on any atom is 0.262 e. The molecule has 0 saturated carbocycles. The zero-order valence-corrected chi connectivity index (χ0v) is 19.7. The first-order valence-corrected chi connectivity index (χ1v) is 12.4. The lowest BCUT2D eigenvalue weighted by atomic mass is 10.2. The fourth-order valence-corrected chi connectivity index (χ4v) is 4.90. The molecule has 3 N–H and O–H groups in total. The molecule has 1 fully saturated rings. The predicted molar refractivity (Wildman–Crippen MR) is 130 cm³/mol. The smallest absolute Gasteiger partial charge is 0.262 e. The van der Waals surface area contributed by atoms with Crippen molar-refractivity contribution in [2.45, 2.75) is 31.1 Å². The molecule has 0 radical (unpaired) electrons. The van der Waals surface area contributed by atoms with Crippen LogP contribution < -0.4 is 20.3 Å². The summed E-state index contributed by atoms with van der Waals surface area (Å²) in [6.07, 6.45) is 3.14. The van der Waals surface area contributed by atoms with Gasteiger partial charge in [0, 0.05) is 24.7 Å². The Morgan fingerprint density at radius 3 is 2.53 bits per heavy atom. The van der Waals surface area contributed by atoms with Crippen molar-refractivity contribution in [2.24, 2.45) is 0 Å². The third kappa shape index (κ3) is 5.69. The van der Waals surface area contributed by atoms with Crippen LogP contribution in [0.25, 0.3) is 0 Å². The standard InChI is InChI=1S/C20H24Cl2N4O2S2/c1-2-9-23-20(29)24-18-13-15(6-8-19(18)26-10-3-4-11-26)30(27,28)25-17-12-14(21)5-7-16(17)22/h5-8,12-13,25H,2-4,9-11H2,1H3,(H2,23,24,29). The first-order valence-electron chi connectivity index (χ1n) is 9.72. The van der Waals surface area contributed by atoms with Crippen LogP contribution in [0, 0.1) is 0 Å². The predicted octanol–water partition coefficient (Wildman–Crippen LogP) is 5.09. The van der Waals surface area contributed by atoms with Gasteiger partial charge in [-0.1, -0.05) is 30.1 Å². The second-order valence-electron chi connectivity index (χ2n) is 6.98. The summed E-state index contributed by atoms with van der Waals surface area (Å²) in [5.74, 6) is 0. The van der Waals surface area contributed by atoms with Crippen molar-refractivity contribution in [1.29, 1.82) is 0 Å². The average Bonchev–Trinajstić information content (AvgIpc) is 3.23. The minimum atomic E-state index is -3.88. The van der Waals surface area contributed by atoms with Crippen LogP contribution in [-0.4, -0.2) is 33.2 Å². The van der Waals surface area contributed by atoms with Gasteiger partial charge in [0.1, 0.15) is 0 Å². The Kier molecular flexibility index (Phi) is 7.68. The number of thiocarbonyl (C=S) groups is 1. The molecule has 10 heteroatoms. The lowest BCUT2D eigenvalue weighted by molar-refractivity contribution is 0.601. The molecular weight excluding hydrogens is 463 g/mol. The van der Waals surface area contributed by atoms with Gasteiger partial charge in [0.05, 0.1) is 27.0 Å². The van der Waals surface area contributed by atoms with Crippen molar-refractivity contribution in [1.82, 2.24) is 5.32 Å². The minimum absolute atomic E-state index is 0.0993. The van der Waals surface area contributed by atoms with E-state index in [1.807, 2.05) is 13.0 Å². The van der Waals surface area contributed by atoms with Gasteiger partial charge in [0.15, 0.2) is 5.11 Å². The first-order chi connectivity index (χ1) is 14.3. The Bertz CT molecular complexity index is 1030. The van der Waals surface area contributed by atoms with Crippen molar-refractivity contribution in [3.8, 4) is 0 Å². The molecule has 2 aromatic carbocycles. The van der Waals surface area contributed by atoms with E-state index in [4.69, 9.17) is 35.4 Å². The summed E-state index contributed by atoms with van der Waals surface area (Å²) in [6, 6.07) is 9.60. The van der Waals surface area contributed by atoms with E-state index in [2.05, 4.69) is 20.3 Å². The normalized spacial score (nSPS) is 13.9. The number of halogens is 2. The molecule has 0 unspecified atom stereocenters. The number of sulfonamides is 1. The number of nitrogens with zero attached hydrogens (tertiary/aromatic N) is 1. The van der Waals surface area contributed by atoms with Crippen LogP contribution in [0.3, 0.4) is 0 Å². The fraction of sp³-hybridized carbons (Fsp3) is 0.350. The summed E-state index contributed by atoms with van der Waals surface area (Å²) < 4.78 is 28.5. The second kappa shape index (κ2) is 10.0. The lowest BCUT2D eigenvalue weighted by Crippen LogP contribution is -2.30. The van der Waals surface area contributed by atoms with Crippen LogP contribution in [0.5, 0.6) is 0 Å². The highest BCUT2D eigenvalue weighted by Gasteiger charge is 2.21. The van der Waals surface area contributed by atoms with Crippen molar-refractivity contribution in [3.05, 3.63) is 46.4 Å². The van der Waals surface area contributed by atoms with E-state index in [-0.39, 0.29) is 15.6 Å². The summed E-state index contributed by atoms with van der Waals surface area (Å²) in [5.41, 5.74) is 1.79. The van der Waals surface area contributed by atoms with Crippen molar-refractivity contribution < 1.29 is 8.42 Å². The summed E-state index contributed by atoms with van der Waals surface area (Å²) in [5, 5.41) is 7.38. The fourth-order valence-electron chi connectivity index (χ4n) is 3.20. The summed E-state index contributed by atoms with van der Waals surface area (Å²) in [7, 11) is -3.88. The molecule has 3 rings (SSSR count). The molecule has 1 heterocycles. The van der Waals surface area contributed by atoms with Crippen LogP contribution in [0.15, 0.2) is 41.3 Å². The van der Waals surface area contributed by atoms with E-state index in [0.29, 0.717) is 15.8 Å². The molecule has 1 saturated heterocycles. The van der Waals surface area contributed by atoms with E-state index in [9.17, 15) is 8.42 Å². The Morgan fingerprint density at radius 1 is 1.10 bits per heavy atom. The number of hydrogen-bond donors (Lipinski definition) is 3. The van der Waals surface area contributed by atoms with Crippen LogP contribution in [0.1, 0.15) is 26.2 Å². The number of nitrogens with one attached hydrogen (secondary N) is 3. The number of rotatable bonds is 7. The Morgan fingerprint density at radius 2 is 1.83 bits per heavy atom. The van der Waals surface area contributed by atoms with E-state index in [1.165, 1.54) is 6.07 Å². The molecule has 6 nitrogen and oxygen atoms in total. The summed E-state index contributed by atoms with van der Waals surface area (Å²) in [4.78, 5) is 2.32. The van der Waals surface area contributed by atoms with Gasteiger partial charge in [-0.15, -0.1) is 0 Å². The van der Waals surface area contributed by atoms with Crippen LogP contribution in [0.4, 0.5) is 17.1 Å². The average molecular weight is 487 g/mol.